The molecule has 0 aliphatic carbocycles. The molecule has 2 aromatic carbocycles. The zero-order chi connectivity index (χ0) is 20.9. The summed E-state index contributed by atoms with van der Waals surface area (Å²) in [6.07, 6.45) is 4.05. The molecule has 0 saturated heterocycles. The Hall–Kier alpha value is -3.45. The van der Waals surface area contributed by atoms with Crippen LogP contribution in [0.1, 0.15) is 23.1 Å². The van der Waals surface area contributed by atoms with Gasteiger partial charge in [-0.2, -0.15) is 5.10 Å². The number of carbonyl (C=O) groups excluding carboxylic acids is 1. The summed E-state index contributed by atoms with van der Waals surface area (Å²) < 4.78 is 3.67. The molecule has 8 heteroatoms. The quantitative estimate of drug-likeness (QED) is 0.493. The van der Waals surface area contributed by atoms with Gasteiger partial charge in [0.15, 0.2) is 0 Å². The van der Waals surface area contributed by atoms with Crippen molar-refractivity contribution in [3.8, 4) is 16.9 Å². The number of nitrogens with one attached hydrogen (secondary N) is 1. The first-order valence-electron chi connectivity index (χ1n) is 9.71. The Labute approximate surface area is 179 Å². The van der Waals surface area contributed by atoms with Crippen LogP contribution in [0.3, 0.4) is 0 Å². The lowest BCUT2D eigenvalue weighted by Gasteiger charge is -2.06. The Kier molecular flexibility index (Phi) is 5.90. The maximum absolute atomic E-state index is 13.0. The Morgan fingerprint density at radius 2 is 1.87 bits per heavy atom. The van der Waals surface area contributed by atoms with Gasteiger partial charge in [-0.25, -0.2) is 4.68 Å². The number of rotatable bonds is 7. The molecule has 7 nitrogen and oxygen atoms in total. The minimum Gasteiger partial charge on any atom is -0.351 e. The van der Waals surface area contributed by atoms with E-state index in [1.807, 2.05) is 54.0 Å². The minimum atomic E-state index is -0.190. The van der Waals surface area contributed by atoms with E-state index in [1.165, 1.54) is 0 Å². The van der Waals surface area contributed by atoms with Gasteiger partial charge < -0.3 is 9.88 Å². The van der Waals surface area contributed by atoms with Crippen molar-refractivity contribution < 1.29 is 4.79 Å². The van der Waals surface area contributed by atoms with Crippen LogP contribution >= 0.6 is 11.6 Å². The Morgan fingerprint density at radius 3 is 2.60 bits per heavy atom. The van der Waals surface area contributed by atoms with Crippen molar-refractivity contribution >= 4 is 17.5 Å². The van der Waals surface area contributed by atoms with Crippen LogP contribution < -0.4 is 5.32 Å². The van der Waals surface area contributed by atoms with Crippen LogP contribution in [0.25, 0.3) is 16.9 Å². The number of amides is 1. The summed E-state index contributed by atoms with van der Waals surface area (Å²) in [7, 11) is 0. The van der Waals surface area contributed by atoms with Gasteiger partial charge in [-0.05, 0) is 31.2 Å². The number of hydrogen-bond donors (Lipinski definition) is 1. The van der Waals surface area contributed by atoms with E-state index in [4.69, 9.17) is 11.6 Å². The topological polar surface area (TPSA) is 77.6 Å². The van der Waals surface area contributed by atoms with Crippen molar-refractivity contribution in [3.05, 3.63) is 83.5 Å². The maximum Gasteiger partial charge on any atom is 0.255 e. The van der Waals surface area contributed by atoms with Gasteiger partial charge in [0.2, 0.25) is 0 Å². The number of halogens is 1. The van der Waals surface area contributed by atoms with Gasteiger partial charge >= 0.3 is 0 Å². The molecule has 0 atom stereocenters. The predicted octanol–water partition coefficient (Wildman–Crippen LogP) is 3.78. The summed E-state index contributed by atoms with van der Waals surface area (Å²) in [4.78, 5) is 13.0. The molecule has 0 saturated carbocycles. The highest BCUT2D eigenvalue weighted by Gasteiger charge is 2.18. The van der Waals surface area contributed by atoms with E-state index in [0.29, 0.717) is 29.2 Å². The highest BCUT2D eigenvalue weighted by atomic mass is 35.5. The maximum atomic E-state index is 13.0. The number of carbonyl (C=O) groups is 1. The second kappa shape index (κ2) is 8.92. The van der Waals surface area contributed by atoms with Crippen molar-refractivity contribution in [3.63, 3.8) is 0 Å². The molecule has 30 heavy (non-hydrogen) atoms. The van der Waals surface area contributed by atoms with Crippen LogP contribution in [0.5, 0.6) is 0 Å². The molecule has 0 fully saturated rings. The smallest absolute Gasteiger partial charge is 0.255 e. The second-order valence-corrected chi connectivity index (χ2v) is 7.15. The van der Waals surface area contributed by atoms with Crippen LogP contribution in [-0.2, 0) is 13.0 Å². The third-order valence-electron chi connectivity index (χ3n) is 4.77. The molecule has 1 amide bonds. The van der Waals surface area contributed by atoms with Gasteiger partial charge in [0, 0.05) is 36.3 Å². The van der Waals surface area contributed by atoms with Crippen molar-refractivity contribution in [2.24, 2.45) is 0 Å². The van der Waals surface area contributed by atoms with Gasteiger partial charge in [-0.15, -0.1) is 10.2 Å². The normalized spacial score (nSPS) is 10.9. The van der Waals surface area contributed by atoms with E-state index in [2.05, 4.69) is 20.6 Å². The van der Waals surface area contributed by atoms with Gasteiger partial charge in [0.25, 0.3) is 5.91 Å². The monoisotopic (exact) mass is 420 g/mol. The average Bonchev–Trinajstić information content (AvgIpc) is 3.42. The number of aromatic nitrogens is 5. The lowest BCUT2D eigenvalue weighted by Crippen LogP contribution is -2.26. The number of benzene rings is 2. The van der Waals surface area contributed by atoms with E-state index >= 15 is 0 Å². The van der Waals surface area contributed by atoms with Gasteiger partial charge in [0.1, 0.15) is 17.8 Å². The fraction of sp³-hybridized carbons (Fsp3) is 0.182. The van der Waals surface area contributed by atoms with Gasteiger partial charge in [0.05, 0.1) is 11.3 Å². The predicted molar refractivity (Wildman–Crippen MR) is 116 cm³/mol. The largest absolute Gasteiger partial charge is 0.351 e. The molecule has 4 rings (SSSR count). The summed E-state index contributed by atoms with van der Waals surface area (Å²) >= 11 is 6.03. The number of hydrogen-bond acceptors (Lipinski definition) is 4. The van der Waals surface area contributed by atoms with Crippen LogP contribution in [0, 0.1) is 0 Å². The third-order valence-corrected chi connectivity index (χ3v) is 5.02. The second-order valence-electron chi connectivity index (χ2n) is 6.72. The van der Waals surface area contributed by atoms with E-state index in [9.17, 15) is 4.79 Å². The zero-order valence-corrected chi connectivity index (χ0v) is 17.3. The molecule has 0 radical (unpaired) electrons. The van der Waals surface area contributed by atoms with E-state index in [0.717, 1.165) is 23.6 Å². The van der Waals surface area contributed by atoms with Crippen molar-refractivity contribution in [2.75, 3.05) is 6.54 Å². The van der Waals surface area contributed by atoms with Crippen LogP contribution in [-0.4, -0.2) is 37.0 Å². The van der Waals surface area contributed by atoms with E-state index < -0.39 is 0 Å². The molecule has 0 bridgehead atoms. The van der Waals surface area contributed by atoms with Crippen LogP contribution in [0.2, 0.25) is 5.02 Å². The Balaban J connectivity index is 1.59. The molecule has 4 aromatic rings. The van der Waals surface area contributed by atoms with Gasteiger partial charge in [-0.3, -0.25) is 4.79 Å². The summed E-state index contributed by atoms with van der Waals surface area (Å²) in [5, 5.41) is 16.3. The standard InChI is InChI=1S/C22H21ClN6O/c1-2-28-15-25-26-20(28)12-13-24-22(30)19-14-29(18-6-4-3-5-7-18)27-21(19)16-8-10-17(23)11-9-16/h3-11,14-15H,2,12-13H2,1H3,(H,24,30). The molecule has 2 aromatic heterocycles. The molecule has 0 spiro atoms. The molecular formula is C22H21ClN6O. The first-order chi connectivity index (χ1) is 14.7. The highest BCUT2D eigenvalue weighted by Crippen LogP contribution is 2.25. The Morgan fingerprint density at radius 1 is 1.10 bits per heavy atom. The van der Waals surface area contributed by atoms with Crippen LogP contribution in [0.15, 0.2) is 67.1 Å². The van der Waals surface area contributed by atoms with Crippen LogP contribution in [0.4, 0.5) is 0 Å². The average molecular weight is 421 g/mol. The molecule has 0 aliphatic heterocycles. The minimum absolute atomic E-state index is 0.190. The first-order valence-corrected chi connectivity index (χ1v) is 10.1. The SMILES string of the molecule is CCn1cnnc1CCNC(=O)c1cn(-c2ccccc2)nc1-c1ccc(Cl)cc1. The van der Waals surface area contributed by atoms with Crippen molar-refractivity contribution in [1.29, 1.82) is 0 Å². The fourth-order valence-corrected chi connectivity index (χ4v) is 3.32. The number of para-hydroxylation sites is 1. The zero-order valence-electron chi connectivity index (χ0n) is 16.5. The summed E-state index contributed by atoms with van der Waals surface area (Å²) in [6.45, 7) is 3.27. The number of aryl methyl sites for hydroxylation is 1. The molecule has 0 aliphatic rings. The fourth-order valence-electron chi connectivity index (χ4n) is 3.19. The molecule has 152 valence electrons. The first kappa shape index (κ1) is 19.8. The number of nitrogens with zero attached hydrogens (tertiary/aromatic N) is 5. The molecule has 1 N–H and O–H groups in total. The van der Waals surface area contributed by atoms with E-state index in [-0.39, 0.29) is 5.91 Å². The lowest BCUT2D eigenvalue weighted by molar-refractivity contribution is 0.0954. The summed E-state index contributed by atoms with van der Waals surface area (Å²) in [6, 6.07) is 17.0. The van der Waals surface area contributed by atoms with Crippen molar-refractivity contribution in [2.45, 2.75) is 19.9 Å². The lowest BCUT2D eigenvalue weighted by atomic mass is 10.1. The summed E-state index contributed by atoms with van der Waals surface area (Å²) in [5.74, 6) is 0.653. The van der Waals surface area contributed by atoms with E-state index in [1.54, 1.807) is 29.3 Å². The summed E-state index contributed by atoms with van der Waals surface area (Å²) in [5.41, 5.74) is 2.80. The van der Waals surface area contributed by atoms with Crippen molar-refractivity contribution in [1.82, 2.24) is 29.9 Å². The van der Waals surface area contributed by atoms with Gasteiger partial charge in [-0.1, -0.05) is 41.9 Å². The Bertz CT molecular complexity index is 1130. The highest BCUT2D eigenvalue weighted by molar-refractivity contribution is 6.30. The molecule has 0 unspecified atom stereocenters. The molecular weight excluding hydrogens is 400 g/mol. The molecule has 2 heterocycles. The third kappa shape index (κ3) is 4.26.